The van der Waals surface area contributed by atoms with E-state index in [4.69, 9.17) is 4.74 Å². The van der Waals surface area contributed by atoms with E-state index in [2.05, 4.69) is 15.5 Å². The van der Waals surface area contributed by atoms with Crippen LogP contribution in [0.3, 0.4) is 0 Å². The minimum absolute atomic E-state index is 0.0417. The van der Waals surface area contributed by atoms with Crippen molar-refractivity contribution in [2.24, 2.45) is 0 Å². The Kier molecular flexibility index (Phi) is 6.00. The van der Waals surface area contributed by atoms with Crippen molar-refractivity contribution >= 4 is 23.0 Å². The minimum Gasteiger partial charge on any atom is -0.385 e. The molecule has 0 saturated carbocycles. The lowest BCUT2D eigenvalue weighted by molar-refractivity contribution is 0.0937. The Bertz CT molecular complexity index is 680. The number of aromatic nitrogens is 3. The molecule has 0 radical (unpaired) electrons. The number of hydrogen-bond donors (Lipinski definition) is 1. The molecule has 2 rings (SSSR count). The van der Waals surface area contributed by atoms with Crippen molar-refractivity contribution in [1.29, 1.82) is 0 Å². The van der Waals surface area contributed by atoms with E-state index in [1.165, 1.54) is 18.3 Å². The highest BCUT2D eigenvalue weighted by atomic mass is 32.1. The standard InChI is InChI=1S/C15H20N4O3S/c1-10(14-18-16-9-19(14)5-4-6-22-3)17-15(21)12-7-13(11(2)20)23-8-12/h7-10H,4-6H2,1-3H3,(H,17,21). The number of thiophene rings is 1. The molecule has 0 aliphatic carbocycles. The number of carbonyl (C=O) groups excluding carboxylic acids is 2. The zero-order chi connectivity index (χ0) is 16.8. The van der Waals surface area contributed by atoms with Gasteiger partial charge < -0.3 is 14.6 Å². The summed E-state index contributed by atoms with van der Waals surface area (Å²) in [6, 6.07) is 1.33. The normalized spacial score (nSPS) is 12.1. The second-order valence-electron chi connectivity index (χ2n) is 5.18. The molecule has 0 saturated heterocycles. The Morgan fingerprint density at radius 3 is 2.91 bits per heavy atom. The number of nitrogens with zero attached hydrogens (tertiary/aromatic N) is 3. The van der Waals surface area contributed by atoms with Crippen LogP contribution >= 0.6 is 11.3 Å². The van der Waals surface area contributed by atoms with E-state index >= 15 is 0 Å². The zero-order valence-corrected chi connectivity index (χ0v) is 14.2. The number of Topliss-reactive ketones (excluding diaryl/α,β-unsaturated/α-hetero) is 1. The Balaban J connectivity index is 2.00. The molecule has 0 aromatic carbocycles. The second-order valence-corrected chi connectivity index (χ2v) is 6.09. The number of hydrogen-bond acceptors (Lipinski definition) is 6. The molecule has 0 bridgehead atoms. The van der Waals surface area contributed by atoms with Gasteiger partial charge in [0.2, 0.25) is 0 Å². The van der Waals surface area contributed by atoms with Crippen molar-refractivity contribution in [3.05, 3.63) is 34.0 Å². The molecule has 23 heavy (non-hydrogen) atoms. The number of ether oxygens (including phenoxy) is 1. The molecular formula is C15H20N4O3S. The molecule has 2 heterocycles. The van der Waals surface area contributed by atoms with E-state index in [1.807, 2.05) is 11.5 Å². The Morgan fingerprint density at radius 2 is 2.26 bits per heavy atom. The van der Waals surface area contributed by atoms with Crippen LogP contribution in [0.25, 0.3) is 0 Å². The third kappa shape index (κ3) is 4.46. The summed E-state index contributed by atoms with van der Waals surface area (Å²) in [6.07, 6.45) is 2.49. The summed E-state index contributed by atoms with van der Waals surface area (Å²) in [5, 5.41) is 12.6. The van der Waals surface area contributed by atoms with Gasteiger partial charge in [-0.1, -0.05) is 0 Å². The van der Waals surface area contributed by atoms with Crippen molar-refractivity contribution < 1.29 is 14.3 Å². The van der Waals surface area contributed by atoms with E-state index in [-0.39, 0.29) is 17.7 Å². The number of amides is 1. The first kappa shape index (κ1) is 17.3. The van der Waals surface area contributed by atoms with Crippen LogP contribution in [0, 0.1) is 0 Å². The van der Waals surface area contributed by atoms with Crippen molar-refractivity contribution in [2.75, 3.05) is 13.7 Å². The van der Waals surface area contributed by atoms with Gasteiger partial charge in [-0.15, -0.1) is 21.5 Å². The molecule has 2 aromatic heterocycles. The lowest BCUT2D eigenvalue weighted by Gasteiger charge is -2.14. The van der Waals surface area contributed by atoms with Gasteiger partial charge in [0.1, 0.15) is 6.33 Å². The lowest BCUT2D eigenvalue weighted by atomic mass is 10.2. The average Bonchev–Trinajstić information content (AvgIpc) is 3.16. The summed E-state index contributed by atoms with van der Waals surface area (Å²) in [4.78, 5) is 24.1. The van der Waals surface area contributed by atoms with Gasteiger partial charge in [-0.25, -0.2) is 0 Å². The van der Waals surface area contributed by atoms with Crippen LogP contribution in [0.15, 0.2) is 17.8 Å². The summed E-state index contributed by atoms with van der Waals surface area (Å²) in [5.41, 5.74) is 0.484. The molecular weight excluding hydrogens is 316 g/mol. The summed E-state index contributed by atoms with van der Waals surface area (Å²) in [7, 11) is 1.66. The highest BCUT2D eigenvalue weighted by Gasteiger charge is 2.18. The van der Waals surface area contributed by atoms with E-state index in [9.17, 15) is 9.59 Å². The minimum atomic E-state index is -0.284. The predicted molar refractivity (Wildman–Crippen MR) is 86.7 cm³/mol. The maximum Gasteiger partial charge on any atom is 0.252 e. The van der Waals surface area contributed by atoms with Gasteiger partial charge in [0.15, 0.2) is 11.6 Å². The van der Waals surface area contributed by atoms with Gasteiger partial charge in [-0.05, 0) is 26.3 Å². The number of carbonyl (C=O) groups is 2. The van der Waals surface area contributed by atoms with Gasteiger partial charge in [0.05, 0.1) is 16.5 Å². The number of nitrogens with one attached hydrogen (secondary N) is 1. The van der Waals surface area contributed by atoms with Crippen LogP contribution < -0.4 is 5.32 Å². The number of aryl methyl sites for hydroxylation is 1. The second kappa shape index (κ2) is 7.98. The van der Waals surface area contributed by atoms with E-state index in [1.54, 1.807) is 24.9 Å². The van der Waals surface area contributed by atoms with E-state index < -0.39 is 0 Å². The predicted octanol–water partition coefficient (Wildman–Crippen LogP) is 2.07. The van der Waals surface area contributed by atoms with Crippen molar-refractivity contribution in [3.8, 4) is 0 Å². The quantitative estimate of drug-likeness (QED) is 0.589. The van der Waals surface area contributed by atoms with Gasteiger partial charge in [0, 0.05) is 25.6 Å². The van der Waals surface area contributed by atoms with Crippen LogP contribution in [0.2, 0.25) is 0 Å². The fourth-order valence-corrected chi connectivity index (χ4v) is 2.93. The summed E-state index contributed by atoms with van der Waals surface area (Å²) in [5.74, 6) is 0.421. The number of rotatable bonds is 8. The van der Waals surface area contributed by atoms with Gasteiger partial charge in [-0.3, -0.25) is 9.59 Å². The van der Waals surface area contributed by atoms with Crippen LogP contribution in [0.5, 0.6) is 0 Å². The molecule has 124 valence electrons. The molecule has 0 aliphatic rings. The topological polar surface area (TPSA) is 86.1 Å². The van der Waals surface area contributed by atoms with Crippen LogP contribution in [0.4, 0.5) is 0 Å². The maximum absolute atomic E-state index is 12.3. The molecule has 1 atom stereocenters. The SMILES string of the molecule is COCCCn1cnnc1C(C)NC(=O)c1csc(C(C)=O)c1. The number of methoxy groups -OCH3 is 1. The zero-order valence-electron chi connectivity index (χ0n) is 13.4. The van der Waals surface area contributed by atoms with Gasteiger partial charge in [-0.2, -0.15) is 0 Å². The Labute approximate surface area is 138 Å². The van der Waals surface area contributed by atoms with Crippen molar-refractivity contribution in [3.63, 3.8) is 0 Å². The maximum atomic E-state index is 12.3. The third-order valence-electron chi connectivity index (χ3n) is 3.34. The highest BCUT2D eigenvalue weighted by molar-refractivity contribution is 7.12. The first-order chi connectivity index (χ1) is 11.0. The van der Waals surface area contributed by atoms with Gasteiger partial charge in [0.25, 0.3) is 5.91 Å². The van der Waals surface area contributed by atoms with E-state index in [0.29, 0.717) is 22.9 Å². The first-order valence-electron chi connectivity index (χ1n) is 7.30. The summed E-state index contributed by atoms with van der Waals surface area (Å²) in [6.45, 7) is 4.72. The van der Waals surface area contributed by atoms with E-state index in [0.717, 1.165) is 13.0 Å². The molecule has 2 aromatic rings. The molecule has 0 fully saturated rings. The van der Waals surface area contributed by atoms with Gasteiger partial charge >= 0.3 is 0 Å². The largest absolute Gasteiger partial charge is 0.385 e. The van der Waals surface area contributed by atoms with Crippen LogP contribution in [0.1, 0.15) is 52.2 Å². The van der Waals surface area contributed by atoms with Crippen molar-refractivity contribution in [1.82, 2.24) is 20.1 Å². The monoisotopic (exact) mass is 336 g/mol. The van der Waals surface area contributed by atoms with Crippen LogP contribution in [-0.4, -0.2) is 40.2 Å². The molecule has 0 spiro atoms. The molecule has 7 nitrogen and oxygen atoms in total. The average molecular weight is 336 g/mol. The fraction of sp³-hybridized carbons (Fsp3) is 0.467. The molecule has 1 amide bonds. The third-order valence-corrected chi connectivity index (χ3v) is 4.37. The molecule has 1 unspecified atom stereocenters. The molecule has 1 N–H and O–H groups in total. The fourth-order valence-electron chi connectivity index (χ4n) is 2.14. The Morgan fingerprint density at radius 1 is 1.48 bits per heavy atom. The lowest BCUT2D eigenvalue weighted by Crippen LogP contribution is -2.28. The molecule has 0 aliphatic heterocycles. The summed E-state index contributed by atoms with van der Waals surface area (Å²) >= 11 is 1.27. The first-order valence-corrected chi connectivity index (χ1v) is 8.18. The highest BCUT2D eigenvalue weighted by Crippen LogP contribution is 2.17. The number of ketones is 1. The summed E-state index contributed by atoms with van der Waals surface area (Å²) < 4.78 is 6.94. The smallest absolute Gasteiger partial charge is 0.252 e. The molecule has 8 heteroatoms. The van der Waals surface area contributed by atoms with Crippen molar-refractivity contribution in [2.45, 2.75) is 32.9 Å². The Hall–Kier alpha value is -2.06. The van der Waals surface area contributed by atoms with Crippen LogP contribution in [-0.2, 0) is 11.3 Å².